The fraction of sp³-hybridized carbons (Fsp3) is 0. The van der Waals surface area contributed by atoms with Crippen molar-refractivity contribution in [3.63, 3.8) is 0 Å². The zero-order valence-electron chi connectivity index (χ0n) is 16.8. The molecule has 0 spiro atoms. The summed E-state index contributed by atoms with van der Waals surface area (Å²) < 4.78 is 1.16. The number of fused-ring (bicyclic) bond motifs is 3. The predicted molar refractivity (Wildman–Crippen MR) is 138 cm³/mol. The van der Waals surface area contributed by atoms with E-state index in [2.05, 4.69) is 131 Å². The summed E-state index contributed by atoms with van der Waals surface area (Å²) in [7, 11) is 0. The Morgan fingerprint density at radius 1 is 0.387 bits per heavy atom. The number of hydrogen-bond donors (Lipinski definition) is 0. The molecule has 6 rings (SSSR count). The second-order valence-electron chi connectivity index (χ2n) is 7.92. The summed E-state index contributed by atoms with van der Waals surface area (Å²) >= 11 is 3.86. The Hall–Kier alpha value is -3.42. The molecule has 0 N–H and O–H groups in total. The van der Waals surface area contributed by atoms with Gasteiger partial charge in [0.2, 0.25) is 0 Å². The molecule has 1 heteroatoms. The first-order valence-corrected chi connectivity index (χ1v) is 11.3. The Labute approximate surface area is 189 Å². The third-order valence-corrected chi connectivity index (χ3v) is 6.96. The number of halogens is 1. The highest BCUT2D eigenvalue weighted by molar-refractivity contribution is 9.10. The van der Waals surface area contributed by atoms with E-state index in [4.69, 9.17) is 0 Å². The maximum absolute atomic E-state index is 3.86. The van der Waals surface area contributed by atoms with Gasteiger partial charge in [-0.15, -0.1) is 0 Å². The van der Waals surface area contributed by atoms with Crippen LogP contribution in [0.2, 0.25) is 0 Å². The lowest BCUT2D eigenvalue weighted by molar-refractivity contribution is 1.64. The van der Waals surface area contributed by atoms with Crippen LogP contribution in [0, 0.1) is 0 Å². The van der Waals surface area contributed by atoms with E-state index >= 15 is 0 Å². The Morgan fingerprint density at radius 2 is 0.871 bits per heavy atom. The summed E-state index contributed by atoms with van der Waals surface area (Å²) in [5.74, 6) is 0. The summed E-state index contributed by atoms with van der Waals surface area (Å²) in [6.45, 7) is 0. The van der Waals surface area contributed by atoms with Crippen LogP contribution in [-0.2, 0) is 0 Å². The first-order chi connectivity index (χ1) is 15.3. The van der Waals surface area contributed by atoms with Crippen LogP contribution in [0.3, 0.4) is 0 Å². The monoisotopic (exact) mass is 458 g/mol. The summed E-state index contributed by atoms with van der Waals surface area (Å²) in [4.78, 5) is 0. The van der Waals surface area contributed by atoms with Gasteiger partial charge < -0.3 is 0 Å². The van der Waals surface area contributed by atoms with Crippen molar-refractivity contribution in [3.8, 4) is 22.3 Å². The molecule has 0 saturated heterocycles. The topological polar surface area (TPSA) is 0 Å². The largest absolute Gasteiger partial charge is 0.0622 e. The van der Waals surface area contributed by atoms with Crippen molar-refractivity contribution in [2.24, 2.45) is 0 Å². The average molecular weight is 459 g/mol. The lowest BCUT2D eigenvalue weighted by Crippen LogP contribution is -1.88. The zero-order valence-corrected chi connectivity index (χ0v) is 18.4. The summed E-state index contributed by atoms with van der Waals surface area (Å²) in [5.41, 5.74) is 5.04. The SMILES string of the molecule is Brc1c2ccccc2c(-c2ccc3cc(-c4ccccc4)ccc3c2)c2ccccc12. The number of hydrogen-bond acceptors (Lipinski definition) is 0. The highest BCUT2D eigenvalue weighted by atomic mass is 79.9. The minimum absolute atomic E-state index is 1.16. The van der Waals surface area contributed by atoms with Gasteiger partial charge in [0.15, 0.2) is 0 Å². The molecule has 0 atom stereocenters. The second kappa shape index (κ2) is 7.37. The van der Waals surface area contributed by atoms with Gasteiger partial charge in [-0.05, 0) is 82.6 Å². The van der Waals surface area contributed by atoms with Crippen molar-refractivity contribution >= 4 is 48.2 Å². The highest BCUT2D eigenvalue weighted by Crippen LogP contribution is 2.42. The first kappa shape index (κ1) is 18.4. The summed E-state index contributed by atoms with van der Waals surface area (Å²) in [6, 6.07) is 41.5. The molecule has 0 radical (unpaired) electrons. The Bertz CT molecular complexity index is 1520. The molecule has 0 aliphatic carbocycles. The fourth-order valence-electron chi connectivity index (χ4n) is 4.60. The average Bonchev–Trinajstić information content (AvgIpc) is 2.84. The predicted octanol–water partition coefficient (Wildman–Crippen LogP) is 9.24. The number of benzene rings is 6. The van der Waals surface area contributed by atoms with Crippen molar-refractivity contribution in [1.82, 2.24) is 0 Å². The molecule has 0 amide bonds. The summed E-state index contributed by atoms with van der Waals surface area (Å²) in [6.07, 6.45) is 0. The van der Waals surface area contributed by atoms with Crippen molar-refractivity contribution in [2.75, 3.05) is 0 Å². The molecule has 0 aliphatic heterocycles. The first-order valence-electron chi connectivity index (χ1n) is 10.5. The molecule has 0 bridgehead atoms. The minimum Gasteiger partial charge on any atom is -0.0622 e. The van der Waals surface area contributed by atoms with Crippen molar-refractivity contribution in [1.29, 1.82) is 0 Å². The lowest BCUT2D eigenvalue weighted by atomic mass is 9.90. The Kier molecular flexibility index (Phi) is 4.36. The van der Waals surface area contributed by atoms with Crippen molar-refractivity contribution in [3.05, 3.63) is 120 Å². The quantitative estimate of drug-likeness (QED) is 0.226. The molecule has 6 aromatic carbocycles. The van der Waals surface area contributed by atoms with Gasteiger partial charge in [-0.25, -0.2) is 0 Å². The van der Waals surface area contributed by atoms with E-state index < -0.39 is 0 Å². The van der Waals surface area contributed by atoms with Gasteiger partial charge in [0, 0.05) is 4.47 Å². The summed E-state index contributed by atoms with van der Waals surface area (Å²) in [5, 5.41) is 7.55. The zero-order chi connectivity index (χ0) is 20.8. The van der Waals surface area contributed by atoms with E-state index in [-0.39, 0.29) is 0 Å². The standard InChI is InChI=1S/C30H19Br/c31-30-27-12-6-4-10-25(27)29(26-11-5-7-13-28(26)30)24-17-16-22-18-21(14-15-23(22)19-24)20-8-2-1-3-9-20/h1-19H. The van der Waals surface area contributed by atoms with Gasteiger partial charge in [0.1, 0.15) is 0 Å². The molecular formula is C30H19Br. The van der Waals surface area contributed by atoms with Crippen LogP contribution in [-0.4, -0.2) is 0 Å². The maximum Gasteiger partial charge on any atom is 0.0332 e. The van der Waals surface area contributed by atoms with Gasteiger partial charge in [0.05, 0.1) is 0 Å². The van der Waals surface area contributed by atoms with E-state index in [9.17, 15) is 0 Å². The molecule has 0 aliphatic rings. The number of rotatable bonds is 2. The molecule has 0 saturated carbocycles. The normalized spacial score (nSPS) is 11.4. The molecule has 0 heterocycles. The van der Waals surface area contributed by atoms with Gasteiger partial charge in [-0.1, -0.05) is 103 Å². The second-order valence-corrected chi connectivity index (χ2v) is 8.72. The minimum atomic E-state index is 1.16. The molecule has 31 heavy (non-hydrogen) atoms. The van der Waals surface area contributed by atoms with Gasteiger partial charge in [-0.3, -0.25) is 0 Å². The van der Waals surface area contributed by atoms with Gasteiger partial charge in [-0.2, -0.15) is 0 Å². The maximum atomic E-state index is 3.86. The van der Waals surface area contributed by atoms with Crippen LogP contribution in [0.5, 0.6) is 0 Å². The van der Waals surface area contributed by atoms with Crippen molar-refractivity contribution < 1.29 is 0 Å². The Morgan fingerprint density at radius 3 is 1.48 bits per heavy atom. The van der Waals surface area contributed by atoms with Gasteiger partial charge in [0.25, 0.3) is 0 Å². The molecule has 0 fully saturated rings. The van der Waals surface area contributed by atoms with Crippen LogP contribution in [0.15, 0.2) is 120 Å². The Balaban J connectivity index is 1.60. The third-order valence-electron chi connectivity index (χ3n) is 6.10. The van der Waals surface area contributed by atoms with Crippen LogP contribution in [0.1, 0.15) is 0 Å². The smallest absolute Gasteiger partial charge is 0.0332 e. The molecule has 146 valence electrons. The van der Waals surface area contributed by atoms with E-state index in [1.54, 1.807) is 0 Å². The van der Waals surface area contributed by atoms with Crippen LogP contribution in [0.4, 0.5) is 0 Å². The van der Waals surface area contributed by atoms with E-state index in [1.807, 2.05) is 0 Å². The van der Waals surface area contributed by atoms with Gasteiger partial charge >= 0.3 is 0 Å². The molecule has 0 nitrogen and oxygen atoms in total. The lowest BCUT2D eigenvalue weighted by Gasteiger charge is -2.15. The highest BCUT2D eigenvalue weighted by Gasteiger charge is 2.14. The van der Waals surface area contributed by atoms with E-state index in [1.165, 1.54) is 54.6 Å². The van der Waals surface area contributed by atoms with Crippen LogP contribution < -0.4 is 0 Å². The fourth-order valence-corrected chi connectivity index (χ4v) is 5.29. The van der Waals surface area contributed by atoms with E-state index in [0.717, 1.165) is 4.47 Å². The molecule has 0 unspecified atom stereocenters. The van der Waals surface area contributed by atoms with Crippen LogP contribution in [0.25, 0.3) is 54.6 Å². The van der Waals surface area contributed by atoms with Crippen molar-refractivity contribution in [2.45, 2.75) is 0 Å². The molecular weight excluding hydrogens is 440 g/mol. The van der Waals surface area contributed by atoms with Crippen LogP contribution >= 0.6 is 15.9 Å². The third kappa shape index (κ3) is 3.05. The van der Waals surface area contributed by atoms with E-state index in [0.29, 0.717) is 0 Å². The molecule has 0 aromatic heterocycles. The molecule has 6 aromatic rings.